The van der Waals surface area contributed by atoms with E-state index in [-0.39, 0.29) is 0 Å². The largest absolute Gasteiger partial charge is 0.369 e. The van der Waals surface area contributed by atoms with Gasteiger partial charge in [-0.25, -0.2) is 15.0 Å². The summed E-state index contributed by atoms with van der Waals surface area (Å²) in [5.74, 6) is 1.54. The van der Waals surface area contributed by atoms with Gasteiger partial charge in [-0.05, 0) is 49.7 Å². The highest BCUT2D eigenvalue weighted by Crippen LogP contribution is 2.40. The van der Waals surface area contributed by atoms with E-state index in [0.717, 1.165) is 40.3 Å². The summed E-state index contributed by atoms with van der Waals surface area (Å²) in [6.07, 6.45) is 6.54. The molecule has 120 valence electrons. The Kier molecular flexibility index (Phi) is 3.68. The molecule has 1 aliphatic carbocycles. The lowest BCUT2D eigenvalue weighted by atomic mass is 9.89. The molecule has 0 aromatic carbocycles. The summed E-state index contributed by atoms with van der Waals surface area (Å²) in [5.41, 5.74) is 5.22. The molecule has 0 fully saturated rings. The lowest BCUT2D eigenvalue weighted by Crippen LogP contribution is -2.09. The number of anilines is 1. The summed E-state index contributed by atoms with van der Waals surface area (Å²) in [4.78, 5) is 15.1. The van der Waals surface area contributed by atoms with Crippen molar-refractivity contribution < 1.29 is 0 Å². The van der Waals surface area contributed by atoms with Crippen LogP contribution < -0.4 is 5.32 Å². The molecule has 0 atom stereocenters. The average molecular weight is 326 g/mol. The first kappa shape index (κ1) is 14.8. The number of nitrogens with zero attached hydrogens (tertiary/aromatic N) is 3. The van der Waals surface area contributed by atoms with Gasteiger partial charge in [0.05, 0.1) is 10.2 Å². The van der Waals surface area contributed by atoms with E-state index in [1.165, 1.54) is 35.0 Å². The quantitative estimate of drug-likeness (QED) is 0.770. The average Bonchev–Trinajstić information content (AvgIpc) is 2.92. The number of rotatable bonds is 3. The van der Waals surface area contributed by atoms with E-state index < -0.39 is 0 Å². The minimum absolute atomic E-state index is 0.586. The molecular weight excluding hydrogens is 304 g/mol. The van der Waals surface area contributed by atoms with E-state index in [0.29, 0.717) is 5.92 Å². The van der Waals surface area contributed by atoms with Gasteiger partial charge in [-0.3, -0.25) is 0 Å². The maximum atomic E-state index is 4.89. The summed E-state index contributed by atoms with van der Waals surface area (Å²) < 4.78 is 1.15. The zero-order chi connectivity index (χ0) is 16.0. The fraction of sp³-hybridized carbons (Fsp3) is 0.500. The fourth-order valence-electron chi connectivity index (χ4n) is 3.48. The second-order valence-corrected chi connectivity index (χ2v) is 7.82. The molecule has 0 radical (unpaired) electrons. The second-order valence-electron chi connectivity index (χ2n) is 6.82. The zero-order valence-corrected chi connectivity index (χ0v) is 14.8. The van der Waals surface area contributed by atoms with Crippen molar-refractivity contribution in [2.45, 2.75) is 46.5 Å². The first-order chi connectivity index (χ1) is 11.1. The molecule has 4 nitrogen and oxygen atoms in total. The summed E-state index contributed by atoms with van der Waals surface area (Å²) in [5, 5.41) is 4.75. The molecule has 3 aromatic rings. The topological polar surface area (TPSA) is 50.7 Å². The number of nitrogens with one attached hydrogen (secondary N) is 1. The molecule has 3 heterocycles. The predicted octanol–water partition coefficient (Wildman–Crippen LogP) is 4.49. The third-order valence-electron chi connectivity index (χ3n) is 4.61. The van der Waals surface area contributed by atoms with Crippen LogP contribution in [0.2, 0.25) is 0 Å². The molecular formula is C18H22N4S. The molecule has 1 aliphatic rings. The van der Waals surface area contributed by atoms with Crippen molar-refractivity contribution in [1.29, 1.82) is 0 Å². The van der Waals surface area contributed by atoms with Crippen LogP contribution in [0.5, 0.6) is 0 Å². The highest BCUT2D eigenvalue weighted by atomic mass is 32.1. The van der Waals surface area contributed by atoms with Crippen molar-refractivity contribution in [3.05, 3.63) is 23.1 Å². The number of thiophene rings is 1. The molecule has 1 N–H and O–H groups in total. The van der Waals surface area contributed by atoms with E-state index in [2.05, 4.69) is 36.1 Å². The molecule has 0 saturated heterocycles. The van der Waals surface area contributed by atoms with Crippen molar-refractivity contribution in [3.8, 4) is 0 Å². The van der Waals surface area contributed by atoms with Crippen LogP contribution in [0.4, 0.5) is 5.82 Å². The van der Waals surface area contributed by atoms with Gasteiger partial charge in [0, 0.05) is 17.6 Å². The van der Waals surface area contributed by atoms with Gasteiger partial charge in [-0.2, -0.15) is 0 Å². The molecule has 0 aliphatic heterocycles. The van der Waals surface area contributed by atoms with Crippen molar-refractivity contribution in [2.24, 2.45) is 5.92 Å². The van der Waals surface area contributed by atoms with E-state index >= 15 is 0 Å². The van der Waals surface area contributed by atoms with Crippen molar-refractivity contribution in [1.82, 2.24) is 15.0 Å². The zero-order valence-electron chi connectivity index (χ0n) is 13.9. The number of fused-ring (bicyclic) bond motifs is 5. The van der Waals surface area contributed by atoms with Gasteiger partial charge in [-0.15, -0.1) is 11.3 Å². The number of hydrogen-bond donors (Lipinski definition) is 1. The van der Waals surface area contributed by atoms with Crippen LogP contribution in [0.25, 0.3) is 20.4 Å². The van der Waals surface area contributed by atoms with Crippen molar-refractivity contribution in [2.75, 3.05) is 11.9 Å². The first-order valence-corrected chi connectivity index (χ1v) is 9.26. The van der Waals surface area contributed by atoms with Crippen LogP contribution in [-0.2, 0) is 12.8 Å². The minimum atomic E-state index is 0.586. The molecule has 0 amide bonds. The van der Waals surface area contributed by atoms with Gasteiger partial charge >= 0.3 is 0 Å². The minimum Gasteiger partial charge on any atom is -0.369 e. The van der Waals surface area contributed by atoms with Gasteiger partial charge in [0.25, 0.3) is 0 Å². The monoisotopic (exact) mass is 326 g/mol. The van der Waals surface area contributed by atoms with Crippen LogP contribution >= 0.6 is 11.3 Å². The summed E-state index contributed by atoms with van der Waals surface area (Å²) in [6.45, 7) is 7.48. The maximum absolute atomic E-state index is 4.89. The second kappa shape index (κ2) is 5.71. The van der Waals surface area contributed by atoms with E-state index in [4.69, 9.17) is 4.98 Å². The summed E-state index contributed by atoms with van der Waals surface area (Å²) >= 11 is 1.73. The molecule has 23 heavy (non-hydrogen) atoms. The molecule has 0 bridgehead atoms. The van der Waals surface area contributed by atoms with Gasteiger partial charge in [0.15, 0.2) is 0 Å². The Hall–Kier alpha value is -1.75. The summed E-state index contributed by atoms with van der Waals surface area (Å²) in [7, 11) is 0. The number of aryl methyl sites for hydroxylation is 2. The SMILES string of the molecule is Cc1nc2sc3c(NCC(C)C)ncnc3c2c2c1CCCC2. The third kappa shape index (κ3) is 2.47. The number of hydrogen-bond acceptors (Lipinski definition) is 5. The predicted molar refractivity (Wildman–Crippen MR) is 97.4 cm³/mol. The van der Waals surface area contributed by atoms with Gasteiger partial charge in [0.2, 0.25) is 0 Å². The Labute approximate surface area is 140 Å². The lowest BCUT2D eigenvalue weighted by Gasteiger charge is -2.18. The van der Waals surface area contributed by atoms with Crippen LogP contribution in [0.1, 0.15) is 43.5 Å². The molecule has 3 aromatic heterocycles. The first-order valence-electron chi connectivity index (χ1n) is 8.44. The lowest BCUT2D eigenvalue weighted by molar-refractivity contribution is 0.683. The molecule has 5 heteroatoms. The highest BCUT2D eigenvalue weighted by molar-refractivity contribution is 7.26. The van der Waals surface area contributed by atoms with Crippen molar-refractivity contribution in [3.63, 3.8) is 0 Å². The maximum Gasteiger partial charge on any atom is 0.147 e. The highest BCUT2D eigenvalue weighted by Gasteiger charge is 2.21. The van der Waals surface area contributed by atoms with Gasteiger partial charge in [0.1, 0.15) is 17.0 Å². The fourth-order valence-corrected chi connectivity index (χ4v) is 4.65. The van der Waals surface area contributed by atoms with Crippen LogP contribution in [0, 0.1) is 12.8 Å². The summed E-state index contributed by atoms with van der Waals surface area (Å²) in [6, 6.07) is 0. The molecule has 0 saturated carbocycles. The van der Waals surface area contributed by atoms with E-state index in [1.807, 2.05) is 0 Å². The van der Waals surface area contributed by atoms with E-state index in [1.54, 1.807) is 17.7 Å². The molecule has 0 unspecified atom stereocenters. The Balaban J connectivity index is 1.96. The Morgan fingerprint density at radius 3 is 2.74 bits per heavy atom. The molecule has 4 rings (SSSR count). The third-order valence-corrected chi connectivity index (χ3v) is 5.69. The number of aromatic nitrogens is 3. The normalized spacial score (nSPS) is 14.6. The van der Waals surface area contributed by atoms with Crippen LogP contribution in [0.3, 0.4) is 0 Å². The van der Waals surface area contributed by atoms with Crippen LogP contribution in [0.15, 0.2) is 6.33 Å². The smallest absolute Gasteiger partial charge is 0.147 e. The van der Waals surface area contributed by atoms with Crippen molar-refractivity contribution >= 4 is 37.6 Å². The molecule has 0 spiro atoms. The van der Waals surface area contributed by atoms with Gasteiger partial charge < -0.3 is 5.32 Å². The number of pyridine rings is 1. The Morgan fingerprint density at radius 2 is 1.96 bits per heavy atom. The van der Waals surface area contributed by atoms with Gasteiger partial charge in [-0.1, -0.05) is 13.8 Å². The standard InChI is InChI=1S/C18H22N4S/c1-10(2)8-19-17-16-15(20-9-21-17)14-13-7-5-4-6-12(13)11(3)22-18(14)23-16/h9-10H,4-8H2,1-3H3,(H,19,20,21). The van der Waals surface area contributed by atoms with Crippen LogP contribution in [-0.4, -0.2) is 21.5 Å². The van der Waals surface area contributed by atoms with E-state index in [9.17, 15) is 0 Å². The Morgan fingerprint density at radius 1 is 1.17 bits per heavy atom. The Bertz CT molecular complexity index is 882.